The number of nitrogens with one attached hydrogen (secondary N) is 1. The number of rotatable bonds is 3. The molecule has 2 aromatic heterocycles. The summed E-state index contributed by atoms with van der Waals surface area (Å²) in [5.74, 6) is -0.696. The van der Waals surface area contributed by atoms with Crippen LogP contribution in [0.5, 0.6) is 0 Å². The Balaban J connectivity index is 1.83. The first kappa shape index (κ1) is 17.9. The van der Waals surface area contributed by atoms with Gasteiger partial charge < -0.3 is 9.88 Å². The predicted octanol–water partition coefficient (Wildman–Crippen LogP) is 5.25. The second-order valence-corrected chi connectivity index (χ2v) is 6.97. The molecule has 4 nitrogen and oxygen atoms in total. The topological polar surface area (TPSA) is 46.9 Å². The van der Waals surface area contributed by atoms with E-state index < -0.39 is 5.82 Å². The zero-order chi connectivity index (χ0) is 19.8. The van der Waals surface area contributed by atoms with E-state index >= 15 is 0 Å². The van der Waals surface area contributed by atoms with E-state index in [-0.39, 0.29) is 5.91 Å². The number of hydrogen-bond acceptors (Lipinski definition) is 2. The molecule has 0 bridgehead atoms. The van der Waals surface area contributed by atoms with Gasteiger partial charge in [0.1, 0.15) is 5.82 Å². The van der Waals surface area contributed by atoms with Crippen LogP contribution in [0.1, 0.15) is 21.5 Å². The molecule has 2 aromatic carbocycles. The molecule has 28 heavy (non-hydrogen) atoms. The predicted molar refractivity (Wildman–Crippen MR) is 110 cm³/mol. The molecule has 140 valence electrons. The molecule has 0 saturated heterocycles. The second-order valence-electron chi connectivity index (χ2n) is 6.97. The lowest BCUT2D eigenvalue weighted by atomic mass is 10.0. The van der Waals surface area contributed by atoms with Gasteiger partial charge in [0.2, 0.25) is 0 Å². The summed E-state index contributed by atoms with van der Waals surface area (Å²) >= 11 is 0. The number of benzene rings is 2. The summed E-state index contributed by atoms with van der Waals surface area (Å²) < 4.78 is 15.8. The molecule has 0 aliphatic carbocycles. The van der Waals surface area contributed by atoms with Gasteiger partial charge in [0.25, 0.3) is 5.91 Å². The van der Waals surface area contributed by atoms with Gasteiger partial charge in [0.05, 0.1) is 22.5 Å². The third kappa shape index (κ3) is 3.27. The summed E-state index contributed by atoms with van der Waals surface area (Å²) in [6.07, 6.45) is 1.92. The van der Waals surface area contributed by atoms with Gasteiger partial charge >= 0.3 is 0 Å². The number of carbonyl (C=O) groups excluding carboxylic acids is 1. The maximum Gasteiger partial charge on any atom is 0.256 e. The van der Waals surface area contributed by atoms with Crippen molar-refractivity contribution in [3.63, 3.8) is 0 Å². The van der Waals surface area contributed by atoms with Gasteiger partial charge in [0.15, 0.2) is 0 Å². The summed E-state index contributed by atoms with van der Waals surface area (Å²) in [5, 5.41) is 3.41. The van der Waals surface area contributed by atoms with Crippen molar-refractivity contribution >= 4 is 22.5 Å². The molecule has 1 N–H and O–H groups in total. The summed E-state index contributed by atoms with van der Waals surface area (Å²) in [6, 6.07) is 15.6. The second kappa shape index (κ2) is 6.93. The number of aryl methyl sites for hydroxylation is 3. The quantitative estimate of drug-likeness (QED) is 0.533. The molecule has 5 heteroatoms. The highest BCUT2D eigenvalue weighted by atomic mass is 19.1. The lowest BCUT2D eigenvalue weighted by Crippen LogP contribution is -2.13. The molecule has 1 amide bonds. The lowest BCUT2D eigenvalue weighted by Gasteiger charge is -2.12. The Morgan fingerprint density at radius 2 is 1.86 bits per heavy atom. The van der Waals surface area contributed by atoms with E-state index in [0.29, 0.717) is 27.8 Å². The Kier molecular flexibility index (Phi) is 4.43. The van der Waals surface area contributed by atoms with Crippen LogP contribution in [0.4, 0.5) is 10.1 Å². The van der Waals surface area contributed by atoms with Crippen LogP contribution < -0.4 is 5.32 Å². The molecule has 4 aromatic rings. The molecule has 0 atom stereocenters. The van der Waals surface area contributed by atoms with Crippen molar-refractivity contribution in [2.75, 3.05) is 5.32 Å². The Labute approximate surface area is 162 Å². The molecule has 0 aliphatic rings. The zero-order valence-corrected chi connectivity index (χ0v) is 16.0. The zero-order valence-electron chi connectivity index (χ0n) is 16.0. The van der Waals surface area contributed by atoms with Gasteiger partial charge in [-0.25, -0.2) is 9.37 Å². The first-order valence-electron chi connectivity index (χ1n) is 9.03. The maximum absolute atomic E-state index is 13.9. The highest BCUT2D eigenvalue weighted by Gasteiger charge is 2.16. The average Bonchev–Trinajstić information content (AvgIpc) is 3.10. The highest BCUT2D eigenvalue weighted by molar-refractivity contribution is 6.13. The van der Waals surface area contributed by atoms with Crippen LogP contribution in [0.2, 0.25) is 0 Å². The monoisotopic (exact) mass is 373 g/mol. The number of carbonyl (C=O) groups is 1. The standard InChI is InChI=1S/C23H20FN3O/c1-14-6-8-17(11-15(14)2)25-23(28)19-13-21(22-5-4-10-27(22)3)26-20-9-7-16(24)12-18(19)20/h4-13H,1-3H3,(H,25,28). The fourth-order valence-electron chi connectivity index (χ4n) is 3.26. The number of pyridine rings is 1. The van der Waals surface area contributed by atoms with Crippen LogP contribution in [0.15, 0.2) is 60.8 Å². The molecule has 0 aliphatic heterocycles. The van der Waals surface area contributed by atoms with E-state index in [1.165, 1.54) is 12.1 Å². The fourth-order valence-corrected chi connectivity index (χ4v) is 3.26. The van der Waals surface area contributed by atoms with E-state index in [9.17, 15) is 9.18 Å². The van der Waals surface area contributed by atoms with Gasteiger partial charge in [-0.15, -0.1) is 0 Å². The van der Waals surface area contributed by atoms with Crippen molar-refractivity contribution in [1.82, 2.24) is 9.55 Å². The van der Waals surface area contributed by atoms with Crippen LogP contribution in [0.3, 0.4) is 0 Å². The van der Waals surface area contributed by atoms with Crippen LogP contribution >= 0.6 is 0 Å². The molecule has 0 spiro atoms. The molecule has 4 rings (SSSR count). The lowest BCUT2D eigenvalue weighted by molar-refractivity contribution is 0.102. The van der Waals surface area contributed by atoms with Crippen molar-refractivity contribution in [3.8, 4) is 11.4 Å². The molecule has 2 heterocycles. The number of halogens is 1. The minimum atomic E-state index is -0.402. The average molecular weight is 373 g/mol. The van der Waals surface area contributed by atoms with Crippen molar-refractivity contribution in [3.05, 3.63) is 83.3 Å². The normalized spacial score (nSPS) is 11.0. The van der Waals surface area contributed by atoms with Crippen molar-refractivity contribution in [1.29, 1.82) is 0 Å². The molecule has 0 unspecified atom stereocenters. The SMILES string of the molecule is Cc1ccc(NC(=O)c2cc(-c3cccn3C)nc3ccc(F)cc23)cc1C. The first-order valence-corrected chi connectivity index (χ1v) is 9.03. The van der Waals surface area contributed by atoms with E-state index in [4.69, 9.17) is 0 Å². The Hall–Kier alpha value is -3.47. The van der Waals surface area contributed by atoms with Crippen molar-refractivity contribution in [2.24, 2.45) is 7.05 Å². The molecule has 0 saturated carbocycles. The molecular formula is C23H20FN3O. The van der Waals surface area contributed by atoms with Gasteiger partial charge in [0, 0.05) is 24.3 Å². The minimum absolute atomic E-state index is 0.295. The van der Waals surface area contributed by atoms with E-state index in [0.717, 1.165) is 16.8 Å². The molecule has 0 fully saturated rings. The largest absolute Gasteiger partial charge is 0.349 e. The number of amides is 1. The highest BCUT2D eigenvalue weighted by Crippen LogP contribution is 2.26. The number of nitrogens with zero attached hydrogens (tertiary/aromatic N) is 2. The smallest absolute Gasteiger partial charge is 0.256 e. The number of aromatic nitrogens is 2. The Morgan fingerprint density at radius 3 is 2.57 bits per heavy atom. The third-order valence-electron chi connectivity index (χ3n) is 4.99. The van der Waals surface area contributed by atoms with E-state index in [2.05, 4.69) is 10.3 Å². The molecular weight excluding hydrogens is 353 g/mol. The van der Waals surface area contributed by atoms with Crippen LogP contribution in [-0.2, 0) is 7.05 Å². The van der Waals surface area contributed by atoms with Gasteiger partial charge in [-0.3, -0.25) is 4.79 Å². The fraction of sp³-hybridized carbons (Fsp3) is 0.130. The van der Waals surface area contributed by atoms with E-state index in [1.54, 1.807) is 12.1 Å². The van der Waals surface area contributed by atoms with Crippen molar-refractivity contribution in [2.45, 2.75) is 13.8 Å². The Bertz CT molecular complexity index is 1210. The van der Waals surface area contributed by atoms with Gasteiger partial charge in [-0.05, 0) is 73.5 Å². The number of fused-ring (bicyclic) bond motifs is 1. The third-order valence-corrected chi connectivity index (χ3v) is 4.99. The number of anilines is 1. The summed E-state index contributed by atoms with van der Waals surface area (Å²) in [7, 11) is 1.92. The minimum Gasteiger partial charge on any atom is -0.349 e. The summed E-state index contributed by atoms with van der Waals surface area (Å²) in [4.78, 5) is 17.7. The first-order chi connectivity index (χ1) is 13.4. The maximum atomic E-state index is 13.9. The van der Waals surface area contributed by atoms with E-state index in [1.807, 2.05) is 62.0 Å². The van der Waals surface area contributed by atoms with Crippen LogP contribution in [-0.4, -0.2) is 15.5 Å². The number of hydrogen-bond donors (Lipinski definition) is 1. The van der Waals surface area contributed by atoms with Crippen molar-refractivity contribution < 1.29 is 9.18 Å². The van der Waals surface area contributed by atoms with Gasteiger partial charge in [-0.2, -0.15) is 0 Å². The van der Waals surface area contributed by atoms with Crippen LogP contribution in [0.25, 0.3) is 22.3 Å². The molecule has 0 radical (unpaired) electrons. The van der Waals surface area contributed by atoms with Crippen LogP contribution in [0, 0.1) is 19.7 Å². The summed E-state index contributed by atoms with van der Waals surface area (Å²) in [6.45, 7) is 4.02. The van der Waals surface area contributed by atoms with Gasteiger partial charge in [-0.1, -0.05) is 6.07 Å². The summed E-state index contributed by atoms with van der Waals surface area (Å²) in [5.41, 5.74) is 5.45. The Morgan fingerprint density at radius 1 is 1.04 bits per heavy atom.